The summed E-state index contributed by atoms with van der Waals surface area (Å²) in [4.78, 5) is 10.8. The van der Waals surface area contributed by atoms with Crippen molar-refractivity contribution < 1.29 is 4.79 Å². The molecule has 0 heterocycles. The molecular weight excluding hydrogens is 188 g/mol. The van der Waals surface area contributed by atoms with Gasteiger partial charge in [-0.3, -0.25) is 4.79 Å². The van der Waals surface area contributed by atoms with Crippen LogP contribution in [-0.2, 0) is 6.42 Å². The fourth-order valence-corrected chi connectivity index (χ4v) is 1.13. The molecule has 0 atom stereocenters. The zero-order valence-electron chi connectivity index (χ0n) is 6.75. The SMILES string of the molecule is N#CCc1cc(C(N)=O)ccc1Cl. The summed E-state index contributed by atoms with van der Waals surface area (Å²) < 4.78 is 0. The molecule has 2 N–H and O–H groups in total. The normalized spacial score (nSPS) is 9.23. The maximum atomic E-state index is 10.8. The minimum absolute atomic E-state index is 0.181. The summed E-state index contributed by atoms with van der Waals surface area (Å²) in [6.07, 6.45) is 0.181. The van der Waals surface area contributed by atoms with E-state index in [2.05, 4.69) is 0 Å². The highest BCUT2D eigenvalue weighted by atomic mass is 35.5. The topological polar surface area (TPSA) is 66.9 Å². The molecule has 1 aromatic rings. The minimum atomic E-state index is -0.518. The van der Waals surface area contributed by atoms with Crippen molar-refractivity contribution in [1.82, 2.24) is 0 Å². The Hall–Kier alpha value is -1.53. The molecular formula is C9H7ClN2O. The van der Waals surface area contributed by atoms with Crippen LogP contribution in [0.1, 0.15) is 15.9 Å². The number of benzene rings is 1. The molecule has 0 saturated heterocycles. The van der Waals surface area contributed by atoms with Crippen molar-refractivity contribution >= 4 is 17.5 Å². The van der Waals surface area contributed by atoms with E-state index in [4.69, 9.17) is 22.6 Å². The summed E-state index contributed by atoms with van der Waals surface area (Å²) in [6.45, 7) is 0. The van der Waals surface area contributed by atoms with Crippen LogP contribution in [0.25, 0.3) is 0 Å². The lowest BCUT2D eigenvalue weighted by Crippen LogP contribution is -2.11. The highest BCUT2D eigenvalue weighted by molar-refractivity contribution is 6.31. The van der Waals surface area contributed by atoms with Gasteiger partial charge in [0.1, 0.15) is 0 Å². The Labute approximate surface area is 80.7 Å². The van der Waals surface area contributed by atoms with E-state index < -0.39 is 5.91 Å². The van der Waals surface area contributed by atoms with Crippen molar-refractivity contribution in [1.29, 1.82) is 5.26 Å². The number of amides is 1. The molecule has 0 aliphatic rings. The molecule has 3 nitrogen and oxygen atoms in total. The van der Waals surface area contributed by atoms with E-state index in [0.29, 0.717) is 16.1 Å². The predicted molar refractivity (Wildman–Crippen MR) is 49.3 cm³/mol. The Kier molecular flexibility index (Phi) is 2.88. The van der Waals surface area contributed by atoms with Crippen LogP contribution in [0.2, 0.25) is 5.02 Å². The van der Waals surface area contributed by atoms with Gasteiger partial charge in [-0.1, -0.05) is 11.6 Å². The smallest absolute Gasteiger partial charge is 0.248 e. The fraction of sp³-hybridized carbons (Fsp3) is 0.111. The van der Waals surface area contributed by atoms with Gasteiger partial charge in [0, 0.05) is 10.6 Å². The Morgan fingerprint density at radius 1 is 1.62 bits per heavy atom. The van der Waals surface area contributed by atoms with E-state index in [9.17, 15) is 4.79 Å². The first kappa shape index (κ1) is 9.56. The van der Waals surface area contributed by atoms with Crippen LogP contribution in [0.3, 0.4) is 0 Å². The van der Waals surface area contributed by atoms with Gasteiger partial charge in [0.05, 0.1) is 12.5 Å². The van der Waals surface area contributed by atoms with E-state index in [0.717, 1.165) is 0 Å². The molecule has 66 valence electrons. The van der Waals surface area contributed by atoms with Gasteiger partial charge in [-0.2, -0.15) is 5.26 Å². The maximum absolute atomic E-state index is 10.8. The molecule has 1 aromatic carbocycles. The van der Waals surface area contributed by atoms with Crippen LogP contribution in [-0.4, -0.2) is 5.91 Å². The monoisotopic (exact) mass is 194 g/mol. The number of rotatable bonds is 2. The molecule has 0 aliphatic heterocycles. The number of nitrogens with two attached hydrogens (primary N) is 1. The van der Waals surface area contributed by atoms with Crippen molar-refractivity contribution in [2.45, 2.75) is 6.42 Å². The number of halogens is 1. The van der Waals surface area contributed by atoms with Crippen LogP contribution in [0.4, 0.5) is 0 Å². The third kappa shape index (κ3) is 2.20. The average Bonchev–Trinajstić information content (AvgIpc) is 2.08. The molecule has 13 heavy (non-hydrogen) atoms. The van der Waals surface area contributed by atoms with Crippen molar-refractivity contribution in [2.75, 3.05) is 0 Å². The number of hydrogen-bond acceptors (Lipinski definition) is 2. The largest absolute Gasteiger partial charge is 0.366 e. The second kappa shape index (κ2) is 3.92. The van der Waals surface area contributed by atoms with Crippen LogP contribution in [0.15, 0.2) is 18.2 Å². The fourth-order valence-electron chi connectivity index (χ4n) is 0.949. The van der Waals surface area contributed by atoms with Crippen molar-refractivity contribution in [3.8, 4) is 6.07 Å². The predicted octanol–water partition coefficient (Wildman–Crippen LogP) is 1.50. The summed E-state index contributed by atoms with van der Waals surface area (Å²) in [5, 5.41) is 8.93. The molecule has 4 heteroatoms. The number of carbonyl (C=O) groups excluding carboxylic acids is 1. The van der Waals surface area contributed by atoms with Gasteiger partial charge < -0.3 is 5.73 Å². The first-order chi connectivity index (χ1) is 6.15. The summed E-state index contributed by atoms with van der Waals surface area (Å²) in [7, 11) is 0. The molecule has 0 unspecified atom stereocenters. The van der Waals surface area contributed by atoms with Gasteiger partial charge >= 0.3 is 0 Å². The highest BCUT2D eigenvalue weighted by Gasteiger charge is 2.04. The molecule has 0 fully saturated rings. The minimum Gasteiger partial charge on any atom is -0.366 e. The highest BCUT2D eigenvalue weighted by Crippen LogP contribution is 2.17. The Bertz CT molecular complexity index is 382. The third-order valence-electron chi connectivity index (χ3n) is 1.60. The van der Waals surface area contributed by atoms with Gasteiger partial charge in [-0.25, -0.2) is 0 Å². The molecule has 0 bridgehead atoms. The van der Waals surface area contributed by atoms with Gasteiger partial charge in [0.25, 0.3) is 0 Å². The zero-order valence-corrected chi connectivity index (χ0v) is 7.51. The number of hydrogen-bond donors (Lipinski definition) is 1. The molecule has 0 aliphatic carbocycles. The maximum Gasteiger partial charge on any atom is 0.248 e. The third-order valence-corrected chi connectivity index (χ3v) is 1.97. The lowest BCUT2D eigenvalue weighted by Gasteiger charge is -2.00. The molecule has 1 amide bonds. The number of primary amides is 1. The van der Waals surface area contributed by atoms with Crippen LogP contribution < -0.4 is 5.73 Å². The molecule has 0 spiro atoms. The number of carbonyl (C=O) groups is 1. The number of nitrogens with zero attached hydrogens (tertiary/aromatic N) is 1. The molecule has 1 rings (SSSR count). The van der Waals surface area contributed by atoms with Gasteiger partial charge in [-0.15, -0.1) is 0 Å². The first-order valence-electron chi connectivity index (χ1n) is 3.60. The van der Waals surface area contributed by atoms with Gasteiger partial charge in [0.15, 0.2) is 0 Å². The van der Waals surface area contributed by atoms with Crippen molar-refractivity contribution in [2.24, 2.45) is 5.73 Å². The quantitative estimate of drug-likeness (QED) is 0.776. The second-order valence-electron chi connectivity index (χ2n) is 2.51. The van der Waals surface area contributed by atoms with Crippen LogP contribution in [0.5, 0.6) is 0 Å². The number of nitriles is 1. The zero-order chi connectivity index (χ0) is 9.84. The van der Waals surface area contributed by atoms with Crippen molar-refractivity contribution in [3.05, 3.63) is 34.3 Å². The van der Waals surface area contributed by atoms with E-state index in [1.807, 2.05) is 6.07 Å². The van der Waals surface area contributed by atoms with E-state index >= 15 is 0 Å². The Morgan fingerprint density at radius 3 is 2.85 bits per heavy atom. The summed E-state index contributed by atoms with van der Waals surface area (Å²) in [6, 6.07) is 6.59. The van der Waals surface area contributed by atoms with E-state index in [1.54, 1.807) is 6.07 Å². The molecule has 0 aromatic heterocycles. The van der Waals surface area contributed by atoms with Gasteiger partial charge in [0.2, 0.25) is 5.91 Å². The van der Waals surface area contributed by atoms with E-state index in [1.165, 1.54) is 12.1 Å². The lowest BCUT2D eigenvalue weighted by atomic mass is 10.1. The average molecular weight is 195 g/mol. The Morgan fingerprint density at radius 2 is 2.31 bits per heavy atom. The summed E-state index contributed by atoms with van der Waals surface area (Å²) in [5.41, 5.74) is 6.06. The first-order valence-corrected chi connectivity index (χ1v) is 3.98. The Balaban J connectivity index is 3.12. The van der Waals surface area contributed by atoms with E-state index in [-0.39, 0.29) is 6.42 Å². The lowest BCUT2D eigenvalue weighted by molar-refractivity contribution is 0.1000. The van der Waals surface area contributed by atoms with Crippen molar-refractivity contribution in [3.63, 3.8) is 0 Å². The molecule has 0 radical (unpaired) electrons. The standard InChI is InChI=1S/C9H7ClN2O/c10-8-2-1-7(9(12)13)5-6(8)3-4-11/h1-2,5H,3H2,(H2,12,13). The molecule has 0 saturated carbocycles. The van der Waals surface area contributed by atoms with Gasteiger partial charge in [-0.05, 0) is 23.8 Å². The van der Waals surface area contributed by atoms with Crippen LogP contribution >= 0.6 is 11.6 Å². The second-order valence-corrected chi connectivity index (χ2v) is 2.91. The summed E-state index contributed by atoms with van der Waals surface area (Å²) in [5.74, 6) is -0.518. The summed E-state index contributed by atoms with van der Waals surface area (Å²) >= 11 is 5.78. The van der Waals surface area contributed by atoms with Crippen LogP contribution in [0, 0.1) is 11.3 Å².